The van der Waals surface area contributed by atoms with Crippen molar-refractivity contribution >= 4 is 29.4 Å². The van der Waals surface area contributed by atoms with E-state index >= 15 is 0 Å². The number of Topliss-reactive ketones (excluding diaryl/α,β-unsaturated/α-hetero) is 4. The highest BCUT2D eigenvalue weighted by atomic mass is 16.2. The average molecular weight is 364 g/mol. The molecule has 0 aliphatic carbocycles. The third-order valence-electron chi connectivity index (χ3n) is 4.29. The van der Waals surface area contributed by atoms with E-state index in [9.17, 15) is 24.0 Å². The van der Waals surface area contributed by atoms with E-state index in [2.05, 4.69) is 0 Å². The summed E-state index contributed by atoms with van der Waals surface area (Å²) in [4.78, 5) is 62.0. The molecule has 0 aliphatic heterocycles. The monoisotopic (exact) mass is 364 g/mol. The maximum absolute atomic E-state index is 12.8. The number of ketones is 4. The standard InChI is InChI=1S/C22H20O5/c1-14(2)18(20(25)16-11-7-4-8-12-16)22(27)21(26)17(13-23)19(24)15-9-5-3-6-10-15/h3-14,17-18H,1-2H3. The van der Waals surface area contributed by atoms with Crippen LogP contribution in [0, 0.1) is 17.8 Å². The average Bonchev–Trinajstić information content (AvgIpc) is 2.69. The lowest BCUT2D eigenvalue weighted by atomic mass is 9.80. The SMILES string of the molecule is CC(C)C(C(=O)C(=O)C(C=O)C(=O)c1ccccc1)C(=O)c1ccccc1. The Bertz CT molecular complexity index is 853. The fraction of sp³-hybridized carbons (Fsp3) is 0.227. The summed E-state index contributed by atoms with van der Waals surface area (Å²) in [6.07, 6.45) is 0.167. The van der Waals surface area contributed by atoms with Gasteiger partial charge in [-0.15, -0.1) is 0 Å². The largest absolute Gasteiger partial charge is 0.302 e. The molecular weight excluding hydrogens is 344 g/mol. The molecule has 2 rings (SSSR count). The molecule has 2 atom stereocenters. The molecule has 5 nitrogen and oxygen atoms in total. The Kier molecular flexibility index (Phi) is 6.66. The van der Waals surface area contributed by atoms with Gasteiger partial charge in [0.15, 0.2) is 11.6 Å². The van der Waals surface area contributed by atoms with Crippen LogP contribution in [0.5, 0.6) is 0 Å². The fourth-order valence-electron chi connectivity index (χ4n) is 2.84. The van der Waals surface area contributed by atoms with Crippen LogP contribution in [0.15, 0.2) is 60.7 Å². The summed E-state index contributed by atoms with van der Waals surface area (Å²) in [5.74, 6) is -6.87. The van der Waals surface area contributed by atoms with Crippen LogP contribution in [-0.4, -0.2) is 29.4 Å². The third kappa shape index (κ3) is 4.50. The highest BCUT2D eigenvalue weighted by molar-refractivity contribution is 6.49. The van der Waals surface area contributed by atoms with Gasteiger partial charge >= 0.3 is 0 Å². The smallest absolute Gasteiger partial charge is 0.217 e. The minimum Gasteiger partial charge on any atom is -0.302 e. The molecule has 0 radical (unpaired) electrons. The fourth-order valence-corrected chi connectivity index (χ4v) is 2.84. The predicted molar refractivity (Wildman–Crippen MR) is 99.4 cm³/mol. The summed E-state index contributed by atoms with van der Waals surface area (Å²) < 4.78 is 0. The van der Waals surface area contributed by atoms with Crippen LogP contribution in [0.3, 0.4) is 0 Å². The van der Waals surface area contributed by atoms with E-state index < -0.39 is 40.9 Å². The van der Waals surface area contributed by atoms with Crippen molar-refractivity contribution in [2.45, 2.75) is 13.8 Å². The van der Waals surface area contributed by atoms with Gasteiger partial charge in [-0.05, 0) is 5.92 Å². The lowest BCUT2D eigenvalue weighted by Crippen LogP contribution is -2.40. The van der Waals surface area contributed by atoms with Crippen LogP contribution in [-0.2, 0) is 14.4 Å². The molecule has 0 aromatic heterocycles. The van der Waals surface area contributed by atoms with E-state index in [0.29, 0.717) is 5.56 Å². The molecule has 138 valence electrons. The van der Waals surface area contributed by atoms with E-state index in [0.717, 1.165) is 0 Å². The zero-order valence-electron chi connectivity index (χ0n) is 15.1. The van der Waals surface area contributed by atoms with Crippen molar-refractivity contribution in [3.05, 3.63) is 71.8 Å². The minimum atomic E-state index is -1.75. The van der Waals surface area contributed by atoms with Crippen molar-refractivity contribution in [1.82, 2.24) is 0 Å². The van der Waals surface area contributed by atoms with Crippen molar-refractivity contribution in [2.24, 2.45) is 17.8 Å². The molecule has 2 aromatic rings. The van der Waals surface area contributed by atoms with Gasteiger partial charge in [0.2, 0.25) is 11.6 Å². The Morgan fingerprint density at radius 2 is 1.15 bits per heavy atom. The van der Waals surface area contributed by atoms with Gasteiger partial charge in [-0.2, -0.15) is 0 Å². The second-order valence-electron chi connectivity index (χ2n) is 6.52. The summed E-state index contributed by atoms with van der Waals surface area (Å²) in [6.45, 7) is 3.29. The van der Waals surface area contributed by atoms with E-state index in [1.54, 1.807) is 62.4 Å². The van der Waals surface area contributed by atoms with Crippen LogP contribution in [0.2, 0.25) is 0 Å². The molecule has 2 aromatic carbocycles. The number of carbonyl (C=O) groups is 5. The lowest BCUT2D eigenvalue weighted by molar-refractivity contribution is -0.141. The zero-order chi connectivity index (χ0) is 20.0. The molecule has 0 N–H and O–H groups in total. The Morgan fingerprint density at radius 1 is 0.704 bits per heavy atom. The van der Waals surface area contributed by atoms with Gasteiger partial charge in [0.1, 0.15) is 12.2 Å². The van der Waals surface area contributed by atoms with Gasteiger partial charge in [-0.25, -0.2) is 0 Å². The topological polar surface area (TPSA) is 85.3 Å². The second kappa shape index (κ2) is 8.94. The van der Waals surface area contributed by atoms with Crippen LogP contribution in [0.1, 0.15) is 34.6 Å². The van der Waals surface area contributed by atoms with Crippen LogP contribution >= 0.6 is 0 Å². The van der Waals surface area contributed by atoms with E-state index in [1.807, 2.05) is 0 Å². The van der Waals surface area contributed by atoms with Crippen molar-refractivity contribution in [2.75, 3.05) is 0 Å². The molecule has 0 amide bonds. The van der Waals surface area contributed by atoms with Crippen molar-refractivity contribution in [1.29, 1.82) is 0 Å². The molecule has 0 aliphatic rings. The van der Waals surface area contributed by atoms with E-state index in [-0.39, 0.29) is 11.8 Å². The number of benzene rings is 2. The summed E-state index contributed by atoms with van der Waals surface area (Å²) in [5, 5.41) is 0. The normalized spacial score (nSPS) is 12.9. The molecule has 0 spiro atoms. The molecule has 5 heteroatoms. The first-order chi connectivity index (χ1) is 12.9. The molecular formula is C22H20O5. The van der Waals surface area contributed by atoms with Gasteiger partial charge in [-0.3, -0.25) is 19.2 Å². The molecule has 27 heavy (non-hydrogen) atoms. The van der Waals surface area contributed by atoms with Crippen molar-refractivity contribution < 1.29 is 24.0 Å². The highest BCUT2D eigenvalue weighted by Crippen LogP contribution is 2.21. The summed E-state index contributed by atoms with van der Waals surface area (Å²) in [5.41, 5.74) is 0.459. The Hall–Kier alpha value is -3.21. The number of rotatable bonds is 9. The van der Waals surface area contributed by atoms with Gasteiger partial charge in [-0.1, -0.05) is 74.5 Å². The number of hydrogen-bond donors (Lipinski definition) is 0. The summed E-state index contributed by atoms with van der Waals surface area (Å²) in [6, 6.07) is 16.0. The quantitative estimate of drug-likeness (QED) is 0.295. The van der Waals surface area contributed by atoms with Gasteiger partial charge in [0.05, 0.1) is 5.92 Å². The molecule has 0 heterocycles. The second-order valence-corrected chi connectivity index (χ2v) is 6.52. The van der Waals surface area contributed by atoms with Crippen LogP contribution in [0.4, 0.5) is 0 Å². The molecule has 0 fully saturated rings. The van der Waals surface area contributed by atoms with E-state index in [4.69, 9.17) is 0 Å². The zero-order valence-corrected chi connectivity index (χ0v) is 15.1. The molecule has 2 unspecified atom stereocenters. The first-order valence-corrected chi connectivity index (χ1v) is 8.60. The Balaban J connectivity index is 2.31. The van der Waals surface area contributed by atoms with Crippen LogP contribution in [0.25, 0.3) is 0 Å². The van der Waals surface area contributed by atoms with Crippen molar-refractivity contribution in [3.8, 4) is 0 Å². The first kappa shape index (κ1) is 20.1. The minimum absolute atomic E-state index is 0.159. The van der Waals surface area contributed by atoms with E-state index in [1.165, 1.54) is 12.1 Å². The first-order valence-electron chi connectivity index (χ1n) is 8.60. The van der Waals surface area contributed by atoms with Crippen molar-refractivity contribution in [3.63, 3.8) is 0 Å². The maximum Gasteiger partial charge on any atom is 0.217 e. The Morgan fingerprint density at radius 3 is 1.56 bits per heavy atom. The van der Waals surface area contributed by atoms with Crippen LogP contribution < -0.4 is 0 Å². The van der Waals surface area contributed by atoms with Gasteiger partial charge < -0.3 is 4.79 Å². The molecule has 0 saturated carbocycles. The number of hydrogen-bond acceptors (Lipinski definition) is 5. The molecule has 0 saturated heterocycles. The predicted octanol–water partition coefficient (Wildman–Crippen LogP) is 2.98. The lowest BCUT2D eigenvalue weighted by Gasteiger charge is -2.19. The molecule has 0 bridgehead atoms. The number of aldehydes is 1. The summed E-state index contributed by atoms with van der Waals surface area (Å²) in [7, 11) is 0. The maximum atomic E-state index is 12.8. The number of carbonyl (C=O) groups excluding carboxylic acids is 5. The van der Waals surface area contributed by atoms with Gasteiger partial charge in [0.25, 0.3) is 0 Å². The third-order valence-corrected chi connectivity index (χ3v) is 4.29. The summed E-state index contributed by atoms with van der Waals surface area (Å²) >= 11 is 0. The van der Waals surface area contributed by atoms with Gasteiger partial charge in [0, 0.05) is 11.1 Å². The highest BCUT2D eigenvalue weighted by Gasteiger charge is 2.40. The Labute approximate surface area is 157 Å².